The van der Waals surface area contributed by atoms with Gasteiger partial charge in [-0.15, -0.1) is 0 Å². The Kier molecular flexibility index (Phi) is 10.5. The number of carbonyl (C=O) groups excluding carboxylic acids is 2. The van der Waals surface area contributed by atoms with E-state index in [9.17, 15) is 22.8 Å². The summed E-state index contributed by atoms with van der Waals surface area (Å²) in [6, 6.07) is 12.0. The number of likely N-dealkylation sites (tertiary alicyclic amines) is 1. The van der Waals surface area contributed by atoms with E-state index in [2.05, 4.69) is 23.9 Å². The summed E-state index contributed by atoms with van der Waals surface area (Å²) in [6.45, 7) is 15.0. The van der Waals surface area contributed by atoms with Crippen LogP contribution in [0.4, 0.5) is 18.0 Å². The van der Waals surface area contributed by atoms with Gasteiger partial charge in [0.25, 0.3) is 0 Å². The first-order valence-electron chi connectivity index (χ1n) is 14.9. The normalized spacial score (nSPS) is 20.3. The molecule has 43 heavy (non-hydrogen) atoms. The number of alkyl halides is 4. The van der Waals surface area contributed by atoms with Gasteiger partial charge in [-0.05, 0) is 20.8 Å². The van der Waals surface area contributed by atoms with E-state index in [1.54, 1.807) is 4.90 Å². The molecule has 1 unspecified atom stereocenters. The monoisotopic (exact) mass is 718 g/mol. The SMILES string of the molecule is CC(C)(C)OC(=O)N1CCC(CC(=O)N2CCN([I-]C(c3ccccc3)c3ccc(C(F)(F)F)o3)C[C@@H]2C(C)(C)C)CC1. The van der Waals surface area contributed by atoms with E-state index in [0.29, 0.717) is 44.9 Å². The fourth-order valence-electron chi connectivity index (χ4n) is 5.56. The summed E-state index contributed by atoms with van der Waals surface area (Å²) in [4.78, 5) is 29.9. The van der Waals surface area contributed by atoms with Crippen molar-refractivity contribution in [1.82, 2.24) is 12.9 Å². The molecule has 3 heterocycles. The number of ether oxygens (including phenoxy) is 1. The van der Waals surface area contributed by atoms with Crippen LogP contribution in [0.15, 0.2) is 46.9 Å². The third-order valence-corrected chi connectivity index (χ3v) is 11.4. The van der Waals surface area contributed by atoms with E-state index in [1.165, 1.54) is 6.07 Å². The number of amides is 2. The van der Waals surface area contributed by atoms with E-state index in [0.717, 1.165) is 24.5 Å². The molecule has 0 saturated carbocycles. The van der Waals surface area contributed by atoms with Crippen molar-refractivity contribution in [3.05, 3.63) is 59.5 Å². The topological polar surface area (TPSA) is 66.2 Å². The zero-order chi connectivity index (χ0) is 31.6. The number of rotatable bonds is 6. The van der Waals surface area contributed by atoms with Gasteiger partial charge < -0.3 is 0 Å². The van der Waals surface area contributed by atoms with Gasteiger partial charge in [-0.1, -0.05) is 0 Å². The Morgan fingerprint density at radius 3 is 2.16 bits per heavy atom. The van der Waals surface area contributed by atoms with Crippen molar-refractivity contribution in [1.29, 1.82) is 0 Å². The van der Waals surface area contributed by atoms with Gasteiger partial charge in [0, 0.05) is 0 Å². The van der Waals surface area contributed by atoms with Crippen molar-refractivity contribution in [2.75, 3.05) is 32.7 Å². The van der Waals surface area contributed by atoms with E-state index in [-0.39, 0.29) is 33.3 Å². The van der Waals surface area contributed by atoms with Crippen LogP contribution in [0.3, 0.4) is 0 Å². The van der Waals surface area contributed by atoms with Gasteiger partial charge in [0.05, 0.1) is 0 Å². The Morgan fingerprint density at radius 1 is 0.953 bits per heavy atom. The number of piperidine rings is 1. The van der Waals surface area contributed by atoms with Crippen LogP contribution in [0.1, 0.15) is 81.8 Å². The predicted octanol–water partition coefficient (Wildman–Crippen LogP) is 3.99. The molecule has 0 radical (unpaired) electrons. The second kappa shape index (κ2) is 13.4. The number of piperazine rings is 1. The van der Waals surface area contributed by atoms with Gasteiger partial charge in [-0.25, -0.2) is 0 Å². The van der Waals surface area contributed by atoms with Crippen LogP contribution in [0.25, 0.3) is 0 Å². The fraction of sp³-hybridized carbons (Fsp3) is 0.625. The van der Waals surface area contributed by atoms with E-state index >= 15 is 0 Å². The van der Waals surface area contributed by atoms with Gasteiger partial charge in [0.15, 0.2) is 0 Å². The number of nitrogens with zero attached hydrogens (tertiary/aromatic N) is 3. The third kappa shape index (κ3) is 9.12. The van der Waals surface area contributed by atoms with Crippen LogP contribution in [0, 0.1) is 11.3 Å². The van der Waals surface area contributed by atoms with Gasteiger partial charge >= 0.3 is 238 Å². The third-order valence-electron chi connectivity index (χ3n) is 7.86. The maximum atomic E-state index is 13.7. The quantitative estimate of drug-likeness (QED) is 0.257. The van der Waals surface area contributed by atoms with Crippen LogP contribution in [0.5, 0.6) is 0 Å². The number of hydrogen-bond acceptors (Lipinski definition) is 5. The predicted molar refractivity (Wildman–Crippen MR) is 154 cm³/mol. The van der Waals surface area contributed by atoms with Crippen molar-refractivity contribution in [2.24, 2.45) is 11.3 Å². The van der Waals surface area contributed by atoms with Crippen molar-refractivity contribution < 1.29 is 53.4 Å². The van der Waals surface area contributed by atoms with Crippen molar-refractivity contribution in [3.8, 4) is 0 Å². The Bertz CT molecular complexity index is 1230. The molecule has 0 spiro atoms. The molecule has 2 atom stereocenters. The Hall–Kier alpha value is -2.28. The number of furan rings is 1. The van der Waals surface area contributed by atoms with Crippen LogP contribution >= 0.6 is 0 Å². The molecule has 2 fully saturated rings. The number of benzene rings is 1. The van der Waals surface area contributed by atoms with Gasteiger partial charge in [-0.2, -0.15) is 0 Å². The van der Waals surface area contributed by atoms with Gasteiger partial charge in [0.2, 0.25) is 0 Å². The van der Waals surface area contributed by atoms with Crippen LogP contribution < -0.4 is 21.5 Å². The average Bonchev–Trinajstić information content (AvgIpc) is 3.42. The number of carbonyl (C=O) groups is 2. The molecule has 240 valence electrons. The number of hydrogen-bond donors (Lipinski definition) is 0. The van der Waals surface area contributed by atoms with Crippen LogP contribution in [-0.4, -0.2) is 69.3 Å². The molecule has 0 bridgehead atoms. The molecule has 11 heteroatoms. The van der Waals surface area contributed by atoms with Crippen LogP contribution in [0.2, 0.25) is 0 Å². The molecular formula is C32H44F3IN3O4-. The molecule has 1 aromatic carbocycles. The average molecular weight is 719 g/mol. The Balaban J connectivity index is 1.41. The summed E-state index contributed by atoms with van der Waals surface area (Å²) >= 11 is -0.812. The Labute approximate surface area is 263 Å². The second-order valence-corrected chi connectivity index (χ2v) is 16.7. The van der Waals surface area contributed by atoms with E-state index in [4.69, 9.17) is 9.15 Å². The molecule has 2 aliphatic rings. The molecule has 2 aromatic rings. The first-order valence-corrected chi connectivity index (χ1v) is 17.1. The maximum absolute atomic E-state index is 13.7. The molecule has 1 aromatic heterocycles. The Morgan fingerprint density at radius 2 is 1.60 bits per heavy atom. The first kappa shape index (κ1) is 33.6. The summed E-state index contributed by atoms with van der Waals surface area (Å²) in [5, 5.41) is 0. The molecule has 2 amide bonds. The zero-order valence-electron chi connectivity index (χ0n) is 25.9. The zero-order valence-corrected chi connectivity index (χ0v) is 28.1. The number of halogens is 4. The van der Waals surface area contributed by atoms with E-state index in [1.807, 2.05) is 56.0 Å². The van der Waals surface area contributed by atoms with Gasteiger partial charge in [-0.3, -0.25) is 0 Å². The summed E-state index contributed by atoms with van der Waals surface area (Å²) in [5.74, 6) is -0.308. The minimum absolute atomic E-state index is 0.0333. The van der Waals surface area contributed by atoms with Crippen LogP contribution in [-0.2, 0) is 15.7 Å². The van der Waals surface area contributed by atoms with Gasteiger partial charge in [0.1, 0.15) is 5.60 Å². The molecular weight excluding hydrogens is 674 g/mol. The summed E-state index contributed by atoms with van der Waals surface area (Å²) < 4.78 is 53.0. The molecule has 4 rings (SSSR count). The van der Waals surface area contributed by atoms with E-state index < -0.39 is 39.0 Å². The molecule has 7 nitrogen and oxygen atoms in total. The minimum atomic E-state index is -4.53. The molecule has 2 saturated heterocycles. The van der Waals surface area contributed by atoms with Crippen molar-refractivity contribution in [2.45, 2.75) is 82.5 Å². The first-order chi connectivity index (χ1) is 20.0. The second-order valence-electron chi connectivity index (χ2n) is 13.5. The molecule has 0 N–H and O–H groups in total. The van der Waals surface area contributed by atoms with Crippen molar-refractivity contribution >= 4 is 12.0 Å². The standard InChI is InChI=1S/C32H44F3IN3O4/c1-30(2,3)25-21-38(36-28(23-10-8-7-9-11-23)24-12-13-26(42-24)32(33,34)35)18-19-39(25)27(40)20-22-14-16-37(17-15-22)29(41)43-31(4,5)6/h7-13,22,25,28H,14-21H2,1-6H3/q-1/t25-,28?/m1/s1. The summed E-state index contributed by atoms with van der Waals surface area (Å²) in [7, 11) is 0. The van der Waals surface area contributed by atoms with Crippen molar-refractivity contribution in [3.63, 3.8) is 0 Å². The summed E-state index contributed by atoms with van der Waals surface area (Å²) in [5.41, 5.74) is 0.206. The molecule has 2 aliphatic heterocycles. The fourth-order valence-corrected chi connectivity index (χ4v) is 8.79. The molecule has 0 aliphatic carbocycles. The summed E-state index contributed by atoms with van der Waals surface area (Å²) in [6.07, 6.45) is -2.87.